The van der Waals surface area contributed by atoms with Crippen molar-refractivity contribution < 1.29 is 9.84 Å². The van der Waals surface area contributed by atoms with E-state index in [9.17, 15) is 5.11 Å². The van der Waals surface area contributed by atoms with E-state index in [0.717, 1.165) is 36.1 Å². The molecule has 1 aromatic rings. The van der Waals surface area contributed by atoms with Crippen LogP contribution in [0.3, 0.4) is 0 Å². The first-order valence-corrected chi connectivity index (χ1v) is 5.58. The second-order valence-corrected chi connectivity index (χ2v) is 3.69. The van der Waals surface area contributed by atoms with E-state index in [-0.39, 0.29) is 6.10 Å². The molecule has 1 N–H and O–H groups in total. The molecule has 2 nitrogen and oxygen atoms in total. The van der Waals surface area contributed by atoms with Crippen molar-refractivity contribution in [3.8, 4) is 5.75 Å². The van der Waals surface area contributed by atoms with Gasteiger partial charge in [-0.3, -0.25) is 0 Å². The first-order chi connectivity index (χ1) is 7.24. The fraction of sp³-hybridized carbons (Fsp3) is 0.538. The molecule has 0 unspecified atom stereocenters. The molecule has 0 aliphatic carbocycles. The van der Waals surface area contributed by atoms with E-state index in [1.165, 1.54) is 0 Å². The van der Waals surface area contributed by atoms with Crippen molar-refractivity contribution in [1.29, 1.82) is 0 Å². The predicted octanol–water partition coefficient (Wildman–Crippen LogP) is 3.09. The third-order valence-electron chi connectivity index (χ3n) is 2.66. The highest BCUT2D eigenvalue weighted by Gasteiger charge is 2.13. The quantitative estimate of drug-likeness (QED) is 0.805. The van der Waals surface area contributed by atoms with E-state index in [1.807, 2.05) is 18.2 Å². The Morgan fingerprint density at radius 3 is 2.60 bits per heavy atom. The molecule has 15 heavy (non-hydrogen) atoms. The van der Waals surface area contributed by atoms with Gasteiger partial charge in [-0.15, -0.1) is 0 Å². The van der Waals surface area contributed by atoms with Crippen LogP contribution < -0.4 is 4.74 Å². The van der Waals surface area contributed by atoms with Gasteiger partial charge in [0.05, 0.1) is 13.2 Å². The molecular weight excluding hydrogens is 188 g/mol. The minimum Gasteiger partial charge on any atom is -0.496 e. The molecule has 0 radical (unpaired) electrons. The van der Waals surface area contributed by atoms with E-state index in [4.69, 9.17) is 4.74 Å². The maximum atomic E-state index is 10.00. The second kappa shape index (κ2) is 5.76. The number of hydrogen-bond donors (Lipinski definition) is 1. The zero-order chi connectivity index (χ0) is 11.3. The van der Waals surface area contributed by atoms with E-state index >= 15 is 0 Å². The molecule has 0 bridgehead atoms. The van der Waals surface area contributed by atoms with Crippen LogP contribution in [0, 0.1) is 0 Å². The predicted molar refractivity (Wildman–Crippen MR) is 62.2 cm³/mol. The Hall–Kier alpha value is -1.02. The first kappa shape index (κ1) is 12.1. The van der Waals surface area contributed by atoms with Crippen LogP contribution in [0.2, 0.25) is 0 Å². The SMILES string of the molecule is CCC[C@H](O)c1cccc(OC)c1CC. The van der Waals surface area contributed by atoms with Crippen molar-refractivity contribution in [3.63, 3.8) is 0 Å². The van der Waals surface area contributed by atoms with Crippen molar-refractivity contribution in [1.82, 2.24) is 0 Å². The van der Waals surface area contributed by atoms with Crippen LogP contribution in [-0.4, -0.2) is 12.2 Å². The monoisotopic (exact) mass is 208 g/mol. The molecule has 0 saturated heterocycles. The fourth-order valence-corrected chi connectivity index (χ4v) is 1.89. The molecule has 0 aromatic heterocycles. The van der Waals surface area contributed by atoms with E-state index < -0.39 is 0 Å². The first-order valence-electron chi connectivity index (χ1n) is 5.58. The maximum Gasteiger partial charge on any atom is 0.122 e. The molecule has 1 atom stereocenters. The third-order valence-corrected chi connectivity index (χ3v) is 2.66. The average molecular weight is 208 g/mol. The number of methoxy groups -OCH3 is 1. The van der Waals surface area contributed by atoms with E-state index in [1.54, 1.807) is 7.11 Å². The van der Waals surface area contributed by atoms with Gasteiger partial charge < -0.3 is 9.84 Å². The summed E-state index contributed by atoms with van der Waals surface area (Å²) in [4.78, 5) is 0. The van der Waals surface area contributed by atoms with Crippen LogP contribution in [0.4, 0.5) is 0 Å². The Bertz CT molecular complexity index is 307. The van der Waals surface area contributed by atoms with Crippen LogP contribution in [0.5, 0.6) is 5.75 Å². The second-order valence-electron chi connectivity index (χ2n) is 3.69. The van der Waals surface area contributed by atoms with Crippen LogP contribution >= 0.6 is 0 Å². The van der Waals surface area contributed by atoms with Crippen molar-refractivity contribution in [2.75, 3.05) is 7.11 Å². The Morgan fingerprint density at radius 1 is 1.33 bits per heavy atom. The summed E-state index contributed by atoms with van der Waals surface area (Å²) in [5.41, 5.74) is 2.14. The minimum absolute atomic E-state index is 0.361. The molecule has 0 aliphatic heterocycles. The molecule has 0 heterocycles. The van der Waals surface area contributed by atoms with Gasteiger partial charge in [-0.1, -0.05) is 32.4 Å². The van der Waals surface area contributed by atoms with Crippen molar-refractivity contribution in [3.05, 3.63) is 29.3 Å². The Balaban J connectivity index is 3.05. The van der Waals surface area contributed by atoms with Gasteiger partial charge in [-0.25, -0.2) is 0 Å². The van der Waals surface area contributed by atoms with Gasteiger partial charge >= 0.3 is 0 Å². The summed E-state index contributed by atoms with van der Waals surface area (Å²) in [6.45, 7) is 4.16. The van der Waals surface area contributed by atoms with Crippen LogP contribution in [0.25, 0.3) is 0 Å². The zero-order valence-electron chi connectivity index (χ0n) is 9.79. The highest BCUT2D eigenvalue weighted by atomic mass is 16.5. The summed E-state index contributed by atoms with van der Waals surface area (Å²) >= 11 is 0. The summed E-state index contributed by atoms with van der Waals surface area (Å²) in [5.74, 6) is 0.880. The number of rotatable bonds is 5. The van der Waals surface area contributed by atoms with Crippen molar-refractivity contribution >= 4 is 0 Å². The lowest BCUT2D eigenvalue weighted by Gasteiger charge is -2.16. The van der Waals surface area contributed by atoms with Crippen LogP contribution in [0.1, 0.15) is 43.9 Å². The van der Waals surface area contributed by atoms with Gasteiger partial charge in [0.25, 0.3) is 0 Å². The van der Waals surface area contributed by atoms with Gasteiger partial charge in [0.1, 0.15) is 5.75 Å². The standard InChI is InChI=1S/C13H20O2/c1-4-7-12(14)11-8-6-9-13(15-3)10(11)5-2/h6,8-9,12,14H,4-5,7H2,1-3H3/t12-/m0/s1. The average Bonchev–Trinajstić information content (AvgIpc) is 2.28. The Kier molecular flexibility index (Phi) is 4.63. The van der Waals surface area contributed by atoms with Crippen LogP contribution in [0.15, 0.2) is 18.2 Å². The zero-order valence-corrected chi connectivity index (χ0v) is 9.79. The molecule has 1 aromatic carbocycles. The summed E-state index contributed by atoms with van der Waals surface area (Å²) in [5, 5.41) is 10.00. The molecule has 0 fully saturated rings. The molecule has 0 saturated carbocycles. The van der Waals surface area contributed by atoms with Gasteiger partial charge in [0.2, 0.25) is 0 Å². The fourth-order valence-electron chi connectivity index (χ4n) is 1.89. The largest absolute Gasteiger partial charge is 0.496 e. The summed E-state index contributed by atoms with van der Waals surface area (Å²) in [6.07, 6.45) is 2.32. The summed E-state index contributed by atoms with van der Waals surface area (Å²) in [7, 11) is 1.67. The number of hydrogen-bond acceptors (Lipinski definition) is 2. The molecule has 2 heteroatoms. The molecular formula is C13H20O2. The lowest BCUT2D eigenvalue weighted by Crippen LogP contribution is -2.03. The van der Waals surface area contributed by atoms with E-state index in [2.05, 4.69) is 13.8 Å². The number of aliphatic hydroxyl groups excluding tert-OH is 1. The maximum absolute atomic E-state index is 10.00. The lowest BCUT2D eigenvalue weighted by molar-refractivity contribution is 0.165. The highest BCUT2D eigenvalue weighted by molar-refractivity contribution is 5.41. The molecule has 0 spiro atoms. The molecule has 1 rings (SSSR count). The van der Waals surface area contributed by atoms with Crippen molar-refractivity contribution in [2.45, 2.75) is 39.2 Å². The normalized spacial score (nSPS) is 12.5. The minimum atomic E-state index is -0.361. The third kappa shape index (κ3) is 2.72. The van der Waals surface area contributed by atoms with Gasteiger partial charge in [-0.05, 0) is 30.0 Å². The van der Waals surface area contributed by atoms with Gasteiger partial charge in [0, 0.05) is 0 Å². The Labute approximate surface area is 91.9 Å². The highest BCUT2D eigenvalue weighted by Crippen LogP contribution is 2.29. The summed E-state index contributed by atoms with van der Waals surface area (Å²) < 4.78 is 5.29. The van der Waals surface area contributed by atoms with Crippen molar-refractivity contribution in [2.24, 2.45) is 0 Å². The Morgan fingerprint density at radius 2 is 2.07 bits per heavy atom. The summed E-state index contributed by atoms with van der Waals surface area (Å²) in [6, 6.07) is 5.87. The molecule has 0 amide bonds. The smallest absolute Gasteiger partial charge is 0.122 e. The number of ether oxygens (including phenoxy) is 1. The lowest BCUT2D eigenvalue weighted by atomic mass is 9.97. The van der Waals surface area contributed by atoms with E-state index in [0.29, 0.717) is 0 Å². The van der Waals surface area contributed by atoms with Crippen LogP contribution in [-0.2, 0) is 6.42 Å². The van der Waals surface area contributed by atoms with Gasteiger partial charge in [0.15, 0.2) is 0 Å². The topological polar surface area (TPSA) is 29.5 Å². The molecule has 84 valence electrons. The number of benzene rings is 1. The van der Waals surface area contributed by atoms with Gasteiger partial charge in [-0.2, -0.15) is 0 Å². The number of aliphatic hydroxyl groups is 1. The molecule has 0 aliphatic rings.